The van der Waals surface area contributed by atoms with Crippen molar-refractivity contribution < 1.29 is 14.3 Å². The Morgan fingerprint density at radius 1 is 1.14 bits per heavy atom. The average molecular weight is 392 g/mol. The molecule has 3 aromatic rings. The first-order valence-electron chi connectivity index (χ1n) is 10.2. The number of carbonyl (C=O) groups is 1. The quantitative estimate of drug-likeness (QED) is 0.683. The van der Waals surface area contributed by atoms with Gasteiger partial charge in [0.05, 0.1) is 6.61 Å². The summed E-state index contributed by atoms with van der Waals surface area (Å²) in [6.07, 6.45) is 6.67. The minimum atomic E-state index is -0.358. The number of fused-ring (bicyclic) bond motifs is 2. The zero-order valence-electron chi connectivity index (χ0n) is 16.2. The number of likely N-dealkylation sites (tertiary alicyclic amines) is 1. The number of aryl methyl sites for hydroxylation is 1. The van der Waals surface area contributed by atoms with Crippen molar-refractivity contribution in [3.05, 3.63) is 54.4 Å². The van der Waals surface area contributed by atoms with Crippen molar-refractivity contribution in [1.29, 1.82) is 0 Å². The highest BCUT2D eigenvalue weighted by Crippen LogP contribution is 2.29. The second-order valence-electron chi connectivity index (χ2n) is 7.73. The molecule has 2 aliphatic heterocycles. The van der Waals surface area contributed by atoms with Crippen molar-refractivity contribution in [1.82, 2.24) is 19.5 Å². The van der Waals surface area contributed by atoms with Crippen molar-refractivity contribution >= 4 is 11.6 Å². The van der Waals surface area contributed by atoms with Crippen molar-refractivity contribution in [3.63, 3.8) is 0 Å². The highest BCUT2D eigenvalue weighted by atomic mass is 16.5. The summed E-state index contributed by atoms with van der Waals surface area (Å²) in [4.78, 5) is 19.0. The van der Waals surface area contributed by atoms with E-state index in [2.05, 4.69) is 16.1 Å². The summed E-state index contributed by atoms with van der Waals surface area (Å²) < 4.78 is 13.6. The highest BCUT2D eigenvalue weighted by molar-refractivity contribution is 5.81. The van der Waals surface area contributed by atoms with Gasteiger partial charge in [0.2, 0.25) is 5.88 Å². The van der Waals surface area contributed by atoms with Gasteiger partial charge in [0.1, 0.15) is 5.75 Å². The number of piperidine rings is 1. The highest BCUT2D eigenvalue weighted by Gasteiger charge is 2.32. The molecule has 0 saturated carbocycles. The van der Waals surface area contributed by atoms with E-state index < -0.39 is 0 Å². The Morgan fingerprint density at radius 2 is 2.00 bits per heavy atom. The van der Waals surface area contributed by atoms with Crippen molar-refractivity contribution in [2.75, 3.05) is 19.7 Å². The number of hydrogen-bond donors (Lipinski definition) is 0. The minimum Gasteiger partial charge on any atom is -0.480 e. The molecule has 0 aliphatic carbocycles. The molecule has 7 nitrogen and oxygen atoms in total. The fraction of sp³-hybridized carbons (Fsp3) is 0.409. The van der Waals surface area contributed by atoms with E-state index in [0.29, 0.717) is 18.4 Å². The molecule has 1 fully saturated rings. The van der Waals surface area contributed by atoms with Crippen LogP contribution >= 0.6 is 0 Å². The topological polar surface area (TPSA) is 69.0 Å². The molecule has 1 unspecified atom stereocenters. The third-order valence-electron chi connectivity index (χ3n) is 5.82. The minimum absolute atomic E-state index is 0.117. The normalized spacial score (nSPS) is 19.6. The number of nitrogens with zero attached hydrogens (tertiary/aromatic N) is 4. The molecule has 1 saturated heterocycles. The van der Waals surface area contributed by atoms with Gasteiger partial charge in [-0.15, -0.1) is 5.10 Å². The van der Waals surface area contributed by atoms with Crippen LogP contribution in [0.15, 0.2) is 48.8 Å². The van der Waals surface area contributed by atoms with Gasteiger partial charge in [-0.1, -0.05) is 18.2 Å². The number of carbonyl (C=O) groups excluding carboxylic acids is 1. The molecule has 5 rings (SSSR count). The van der Waals surface area contributed by atoms with Gasteiger partial charge in [0, 0.05) is 31.5 Å². The average Bonchev–Trinajstić information content (AvgIpc) is 3.25. The summed E-state index contributed by atoms with van der Waals surface area (Å²) in [6.45, 7) is 2.12. The molecule has 1 atom stereocenters. The smallest absolute Gasteiger partial charge is 0.263 e. The summed E-state index contributed by atoms with van der Waals surface area (Å²) in [6, 6.07) is 11.7. The molecule has 0 radical (unpaired) electrons. The molecule has 0 spiro atoms. The third kappa shape index (κ3) is 3.77. The number of para-hydroxylation sites is 1. The van der Waals surface area contributed by atoms with Gasteiger partial charge in [0.25, 0.3) is 5.91 Å². The third-order valence-corrected chi connectivity index (χ3v) is 5.82. The first-order valence-corrected chi connectivity index (χ1v) is 10.2. The largest absolute Gasteiger partial charge is 0.480 e. The predicted molar refractivity (Wildman–Crippen MR) is 107 cm³/mol. The molecule has 1 amide bonds. The first kappa shape index (κ1) is 18.0. The van der Waals surface area contributed by atoms with E-state index in [4.69, 9.17) is 9.47 Å². The van der Waals surface area contributed by atoms with Gasteiger partial charge in [0.15, 0.2) is 11.8 Å². The number of benzene rings is 1. The number of imidazole rings is 1. The van der Waals surface area contributed by atoms with Crippen LogP contribution in [0.5, 0.6) is 11.6 Å². The van der Waals surface area contributed by atoms with Crippen molar-refractivity contribution in [2.45, 2.75) is 31.8 Å². The molecule has 2 aromatic heterocycles. The molecule has 4 heterocycles. The lowest BCUT2D eigenvalue weighted by Crippen LogP contribution is -2.47. The SMILES string of the molecule is O=C(C1CCc2ccccc2O1)N1CCC(COc2ccc3nccn3n2)CC1. The van der Waals surface area contributed by atoms with E-state index in [1.54, 1.807) is 16.9 Å². The fourth-order valence-corrected chi connectivity index (χ4v) is 4.10. The number of ether oxygens (including phenoxy) is 2. The van der Waals surface area contributed by atoms with E-state index in [1.807, 2.05) is 35.2 Å². The zero-order valence-corrected chi connectivity index (χ0v) is 16.2. The van der Waals surface area contributed by atoms with Crippen molar-refractivity contribution in [2.24, 2.45) is 5.92 Å². The Morgan fingerprint density at radius 3 is 2.90 bits per heavy atom. The summed E-state index contributed by atoms with van der Waals surface area (Å²) in [5.41, 5.74) is 1.99. The standard InChI is InChI=1S/C22H24N4O3/c27-22(19-6-5-17-3-1-2-4-18(17)29-19)25-12-9-16(10-13-25)15-28-21-8-7-20-23-11-14-26(20)24-21/h1-4,7-8,11,14,16,19H,5-6,9-10,12-13,15H2. The second kappa shape index (κ2) is 7.73. The van der Waals surface area contributed by atoms with Gasteiger partial charge < -0.3 is 14.4 Å². The summed E-state index contributed by atoms with van der Waals surface area (Å²) in [7, 11) is 0. The molecule has 0 bridgehead atoms. The maximum atomic E-state index is 12.9. The van der Waals surface area contributed by atoms with Gasteiger partial charge in [-0.25, -0.2) is 9.50 Å². The summed E-state index contributed by atoms with van der Waals surface area (Å²) in [5.74, 6) is 1.99. The molecular formula is C22H24N4O3. The van der Waals surface area contributed by atoms with Gasteiger partial charge in [-0.3, -0.25) is 4.79 Å². The number of amides is 1. The number of rotatable bonds is 4. The van der Waals surface area contributed by atoms with Gasteiger partial charge >= 0.3 is 0 Å². The first-order chi connectivity index (χ1) is 14.3. The van der Waals surface area contributed by atoms with E-state index >= 15 is 0 Å². The van der Waals surface area contributed by atoms with Crippen LogP contribution in [0.2, 0.25) is 0 Å². The van der Waals surface area contributed by atoms with Crippen LogP contribution in [0.1, 0.15) is 24.8 Å². The number of hydrogen-bond acceptors (Lipinski definition) is 5. The van der Waals surface area contributed by atoms with Gasteiger partial charge in [-0.2, -0.15) is 0 Å². The molecule has 1 aromatic carbocycles. The van der Waals surface area contributed by atoms with Gasteiger partial charge in [-0.05, 0) is 49.3 Å². The van der Waals surface area contributed by atoms with Crippen LogP contribution in [0.4, 0.5) is 0 Å². The molecule has 0 N–H and O–H groups in total. The van der Waals surface area contributed by atoms with Crippen LogP contribution < -0.4 is 9.47 Å². The Labute approximate surface area is 169 Å². The summed E-state index contributed by atoms with van der Waals surface area (Å²) >= 11 is 0. The van der Waals surface area contributed by atoms with Crippen LogP contribution in [0.25, 0.3) is 5.65 Å². The van der Waals surface area contributed by atoms with E-state index in [0.717, 1.165) is 50.2 Å². The van der Waals surface area contributed by atoms with E-state index in [9.17, 15) is 4.79 Å². The maximum Gasteiger partial charge on any atom is 0.263 e. The second-order valence-corrected chi connectivity index (χ2v) is 7.73. The lowest BCUT2D eigenvalue weighted by atomic mass is 9.96. The molecule has 29 heavy (non-hydrogen) atoms. The Hall–Kier alpha value is -3.09. The molecular weight excluding hydrogens is 368 g/mol. The molecule has 150 valence electrons. The Kier molecular flexibility index (Phi) is 4.79. The predicted octanol–water partition coefficient (Wildman–Crippen LogP) is 2.74. The van der Waals surface area contributed by atoms with E-state index in [-0.39, 0.29) is 12.0 Å². The van der Waals surface area contributed by atoms with E-state index in [1.165, 1.54) is 5.56 Å². The lowest BCUT2D eigenvalue weighted by molar-refractivity contribution is -0.141. The summed E-state index contributed by atoms with van der Waals surface area (Å²) in [5, 5.41) is 4.39. The number of aromatic nitrogens is 3. The maximum absolute atomic E-state index is 12.9. The van der Waals surface area contributed by atoms with Crippen LogP contribution in [0.3, 0.4) is 0 Å². The lowest BCUT2D eigenvalue weighted by Gasteiger charge is -2.35. The molecule has 2 aliphatic rings. The van der Waals surface area contributed by atoms with Crippen LogP contribution in [-0.2, 0) is 11.2 Å². The molecule has 7 heteroatoms. The Balaban J connectivity index is 1.12. The Bertz CT molecular complexity index is 1010. The monoisotopic (exact) mass is 392 g/mol. The fourth-order valence-electron chi connectivity index (χ4n) is 4.10. The van der Waals surface area contributed by atoms with Crippen molar-refractivity contribution in [3.8, 4) is 11.6 Å². The van der Waals surface area contributed by atoms with Crippen LogP contribution in [0, 0.1) is 5.92 Å². The zero-order chi connectivity index (χ0) is 19.6. The van der Waals surface area contributed by atoms with Crippen LogP contribution in [-0.4, -0.2) is 51.2 Å².